The Hall–Kier alpha value is -3.82. The van der Waals surface area contributed by atoms with Gasteiger partial charge in [0.25, 0.3) is 0 Å². The number of pyridine rings is 2. The fourth-order valence-corrected chi connectivity index (χ4v) is 4.11. The smallest absolute Gasteiger partial charge is 0.338 e. The average molecular weight is 492 g/mol. The number of rotatable bonds is 9. The first-order valence-electron chi connectivity index (χ1n) is 11.0. The van der Waals surface area contributed by atoms with Gasteiger partial charge in [0.05, 0.1) is 36.7 Å². The minimum Gasteiger partial charge on any atom is -0.494 e. The van der Waals surface area contributed by atoms with Crippen LogP contribution in [-0.4, -0.2) is 50.9 Å². The number of fused-ring (bicyclic) bond motifs is 1. The van der Waals surface area contributed by atoms with Crippen molar-refractivity contribution in [3.8, 4) is 28.1 Å². The van der Waals surface area contributed by atoms with E-state index in [4.69, 9.17) is 9.47 Å². The molecule has 4 aromatic rings. The van der Waals surface area contributed by atoms with Gasteiger partial charge < -0.3 is 9.47 Å². The van der Waals surface area contributed by atoms with Crippen LogP contribution in [-0.2, 0) is 14.8 Å². The zero-order valence-corrected chi connectivity index (χ0v) is 20.2. The Kier molecular flexibility index (Phi) is 7.38. The van der Waals surface area contributed by atoms with E-state index in [0.29, 0.717) is 41.7 Å². The molecule has 8 nitrogen and oxygen atoms in total. The number of hydrogen-bond acceptors (Lipinski definition) is 7. The van der Waals surface area contributed by atoms with Gasteiger partial charge in [0.1, 0.15) is 5.75 Å². The van der Waals surface area contributed by atoms with Crippen molar-refractivity contribution in [2.24, 2.45) is 0 Å². The molecule has 0 radical (unpaired) electrons. The summed E-state index contributed by atoms with van der Waals surface area (Å²) in [5, 5.41) is 0.647. The van der Waals surface area contributed by atoms with Crippen LogP contribution in [0.25, 0.3) is 33.3 Å². The van der Waals surface area contributed by atoms with Crippen LogP contribution in [0.2, 0.25) is 0 Å². The number of benzene rings is 2. The zero-order valence-electron chi connectivity index (χ0n) is 19.4. The molecule has 0 saturated heterocycles. The van der Waals surface area contributed by atoms with Crippen LogP contribution in [0.1, 0.15) is 16.8 Å². The van der Waals surface area contributed by atoms with Gasteiger partial charge in [0.2, 0.25) is 10.0 Å². The van der Waals surface area contributed by atoms with E-state index in [0.717, 1.165) is 28.7 Å². The van der Waals surface area contributed by atoms with Crippen molar-refractivity contribution in [2.45, 2.75) is 6.42 Å². The molecular formula is C26H25N3O5S. The summed E-state index contributed by atoms with van der Waals surface area (Å²) in [7, 11) is -1.82. The van der Waals surface area contributed by atoms with Crippen LogP contribution in [0.4, 0.5) is 0 Å². The molecule has 180 valence electrons. The van der Waals surface area contributed by atoms with Crippen LogP contribution < -0.4 is 9.46 Å². The molecule has 0 amide bonds. The van der Waals surface area contributed by atoms with Crippen molar-refractivity contribution in [3.05, 3.63) is 78.6 Å². The Balaban J connectivity index is 1.46. The highest BCUT2D eigenvalue weighted by Gasteiger charge is 2.14. The fourth-order valence-electron chi connectivity index (χ4n) is 3.59. The van der Waals surface area contributed by atoms with E-state index < -0.39 is 16.0 Å². The largest absolute Gasteiger partial charge is 0.494 e. The number of carbonyl (C=O) groups excluding carboxylic acids is 1. The lowest BCUT2D eigenvalue weighted by molar-refractivity contribution is 0.0603. The minimum absolute atomic E-state index is 0.341. The molecule has 0 aliphatic carbocycles. The summed E-state index contributed by atoms with van der Waals surface area (Å²) in [5.74, 6) is 0.284. The predicted molar refractivity (Wildman–Crippen MR) is 135 cm³/mol. The Morgan fingerprint density at radius 3 is 2.29 bits per heavy atom. The van der Waals surface area contributed by atoms with E-state index in [1.807, 2.05) is 48.5 Å². The zero-order chi connectivity index (χ0) is 24.8. The van der Waals surface area contributed by atoms with Crippen LogP contribution in [0, 0.1) is 0 Å². The maximum absolute atomic E-state index is 12.3. The molecular weight excluding hydrogens is 466 g/mol. The van der Waals surface area contributed by atoms with Crippen molar-refractivity contribution in [1.82, 2.24) is 14.7 Å². The van der Waals surface area contributed by atoms with Crippen LogP contribution in [0.5, 0.6) is 5.75 Å². The number of ether oxygens (including phenoxy) is 2. The van der Waals surface area contributed by atoms with Gasteiger partial charge in [-0.05, 0) is 41.8 Å². The molecule has 2 aromatic carbocycles. The number of methoxy groups -OCH3 is 1. The monoisotopic (exact) mass is 491 g/mol. The van der Waals surface area contributed by atoms with Crippen LogP contribution in [0.3, 0.4) is 0 Å². The molecule has 1 N–H and O–H groups in total. The highest BCUT2D eigenvalue weighted by molar-refractivity contribution is 7.88. The van der Waals surface area contributed by atoms with E-state index in [9.17, 15) is 13.2 Å². The first-order valence-corrected chi connectivity index (χ1v) is 12.8. The third-order valence-corrected chi connectivity index (χ3v) is 6.07. The fraction of sp³-hybridized carbons (Fsp3) is 0.192. The van der Waals surface area contributed by atoms with Gasteiger partial charge in [-0.15, -0.1) is 0 Å². The summed E-state index contributed by atoms with van der Waals surface area (Å²) in [4.78, 5) is 21.1. The third kappa shape index (κ3) is 6.20. The van der Waals surface area contributed by atoms with Gasteiger partial charge in [-0.3, -0.25) is 4.98 Å². The minimum atomic E-state index is -3.18. The molecule has 0 unspecified atom stereocenters. The summed E-state index contributed by atoms with van der Waals surface area (Å²) in [5.41, 5.74) is 4.69. The maximum Gasteiger partial charge on any atom is 0.338 e. The van der Waals surface area contributed by atoms with Gasteiger partial charge in [0.15, 0.2) is 0 Å². The number of carbonyl (C=O) groups is 1. The summed E-state index contributed by atoms with van der Waals surface area (Å²) >= 11 is 0. The Labute approximate surface area is 204 Å². The number of nitrogens with zero attached hydrogens (tertiary/aromatic N) is 2. The molecule has 0 aliphatic rings. The SMILES string of the molecule is COC(=O)c1cc(-c2ccc(-c3ccc(OCCCNS(C)(=O)=O)cc3)cc2)nc2ccncc12. The number of sulfonamides is 1. The second-order valence-electron chi connectivity index (χ2n) is 7.91. The van der Waals surface area contributed by atoms with Gasteiger partial charge in [-0.25, -0.2) is 22.9 Å². The third-order valence-electron chi connectivity index (χ3n) is 5.34. The number of aromatic nitrogens is 2. The lowest BCUT2D eigenvalue weighted by Gasteiger charge is -2.10. The molecule has 0 aliphatic heterocycles. The molecule has 4 rings (SSSR count). The lowest BCUT2D eigenvalue weighted by Crippen LogP contribution is -2.24. The Morgan fingerprint density at radius 1 is 0.971 bits per heavy atom. The summed E-state index contributed by atoms with van der Waals surface area (Å²) < 4.78 is 35.2. The van der Waals surface area contributed by atoms with Crippen molar-refractivity contribution in [1.29, 1.82) is 0 Å². The summed E-state index contributed by atoms with van der Waals surface area (Å²) in [6.07, 6.45) is 4.96. The molecule has 0 spiro atoms. The topological polar surface area (TPSA) is 107 Å². The highest BCUT2D eigenvalue weighted by atomic mass is 32.2. The first-order chi connectivity index (χ1) is 16.8. The quantitative estimate of drug-likeness (QED) is 0.278. The lowest BCUT2D eigenvalue weighted by atomic mass is 10.0. The van der Waals surface area contributed by atoms with Crippen molar-refractivity contribution < 1.29 is 22.7 Å². The highest BCUT2D eigenvalue weighted by Crippen LogP contribution is 2.28. The van der Waals surface area contributed by atoms with Crippen molar-refractivity contribution >= 4 is 26.9 Å². The summed E-state index contributed by atoms with van der Waals surface area (Å²) in [6, 6.07) is 19.1. The molecule has 35 heavy (non-hydrogen) atoms. The molecule has 2 aromatic heterocycles. The van der Waals surface area contributed by atoms with E-state index in [2.05, 4.69) is 14.7 Å². The number of esters is 1. The summed E-state index contributed by atoms with van der Waals surface area (Å²) in [6.45, 7) is 0.756. The van der Waals surface area contributed by atoms with E-state index >= 15 is 0 Å². The predicted octanol–water partition coefficient (Wildman–Crippen LogP) is 4.07. The number of nitrogens with one attached hydrogen (secondary N) is 1. The van der Waals surface area contributed by atoms with Crippen molar-refractivity contribution in [2.75, 3.05) is 26.5 Å². The van der Waals surface area contributed by atoms with Crippen molar-refractivity contribution in [3.63, 3.8) is 0 Å². The average Bonchev–Trinajstić information content (AvgIpc) is 2.87. The van der Waals surface area contributed by atoms with Crippen LogP contribution >= 0.6 is 0 Å². The molecule has 2 heterocycles. The van der Waals surface area contributed by atoms with E-state index in [1.165, 1.54) is 7.11 Å². The first kappa shape index (κ1) is 24.3. The van der Waals surface area contributed by atoms with Crippen LogP contribution in [0.15, 0.2) is 73.1 Å². The second kappa shape index (κ2) is 10.6. The van der Waals surface area contributed by atoms with Gasteiger partial charge in [-0.2, -0.15) is 0 Å². The standard InChI is InChI=1S/C26H25N3O5S/c1-33-26(30)22-16-25(29-24-12-14-27-17-23(22)24)20-6-4-18(5-7-20)19-8-10-21(11-9-19)34-15-3-13-28-35(2,31)32/h4-12,14,16-17,28H,3,13,15H2,1-2H3. The maximum atomic E-state index is 12.3. The molecule has 0 atom stereocenters. The molecule has 0 fully saturated rings. The van der Waals surface area contributed by atoms with E-state index in [-0.39, 0.29) is 0 Å². The molecule has 0 saturated carbocycles. The Bertz CT molecular complexity index is 1440. The van der Waals surface area contributed by atoms with Gasteiger partial charge >= 0.3 is 5.97 Å². The molecule has 0 bridgehead atoms. The number of hydrogen-bond donors (Lipinski definition) is 1. The Morgan fingerprint density at radius 2 is 1.63 bits per heavy atom. The normalized spacial score (nSPS) is 11.4. The second-order valence-corrected chi connectivity index (χ2v) is 9.74. The molecule has 9 heteroatoms. The van der Waals surface area contributed by atoms with Gasteiger partial charge in [-0.1, -0.05) is 36.4 Å². The van der Waals surface area contributed by atoms with Gasteiger partial charge in [0, 0.05) is 29.9 Å². The van der Waals surface area contributed by atoms with E-state index in [1.54, 1.807) is 24.5 Å².